The molecule has 0 saturated carbocycles. The molecular formula is C10H12N2O3. The second kappa shape index (κ2) is 3.78. The van der Waals surface area contributed by atoms with Gasteiger partial charge in [-0.15, -0.1) is 0 Å². The summed E-state index contributed by atoms with van der Waals surface area (Å²) in [6.07, 6.45) is -1.01. The first-order chi connectivity index (χ1) is 7.22. The Balaban J connectivity index is 2.30. The molecule has 1 heterocycles. The molecule has 1 aromatic carbocycles. The van der Waals surface area contributed by atoms with E-state index < -0.39 is 12.2 Å². The van der Waals surface area contributed by atoms with Crippen LogP contribution in [0.25, 0.3) is 0 Å². The number of amides is 1. The maximum atomic E-state index is 11.0. The Morgan fingerprint density at radius 2 is 2.20 bits per heavy atom. The van der Waals surface area contributed by atoms with Gasteiger partial charge in [0, 0.05) is 12.1 Å². The molecule has 1 amide bonds. The molecule has 1 aliphatic heterocycles. The van der Waals surface area contributed by atoms with E-state index >= 15 is 0 Å². The summed E-state index contributed by atoms with van der Waals surface area (Å²) >= 11 is 0. The molecule has 1 fully saturated rings. The number of rotatable bonds is 2. The first kappa shape index (κ1) is 9.79. The van der Waals surface area contributed by atoms with Crippen molar-refractivity contribution in [3.8, 4) is 5.75 Å². The molecule has 5 heteroatoms. The maximum Gasteiger partial charge on any atom is 0.408 e. The van der Waals surface area contributed by atoms with Crippen molar-refractivity contribution in [2.24, 2.45) is 5.73 Å². The molecule has 0 aromatic heterocycles. The SMILES string of the molecule is NCC1NC(=O)OC1c1ccccc1O. The zero-order chi connectivity index (χ0) is 10.8. The third kappa shape index (κ3) is 1.73. The van der Waals surface area contributed by atoms with E-state index in [0.717, 1.165) is 0 Å². The normalized spacial score (nSPS) is 24.7. The van der Waals surface area contributed by atoms with Gasteiger partial charge in [-0.25, -0.2) is 4.79 Å². The van der Waals surface area contributed by atoms with E-state index in [1.165, 1.54) is 0 Å². The lowest BCUT2D eigenvalue weighted by Crippen LogP contribution is -2.35. The summed E-state index contributed by atoms with van der Waals surface area (Å²) in [6, 6.07) is 6.46. The highest BCUT2D eigenvalue weighted by Crippen LogP contribution is 2.31. The molecule has 0 spiro atoms. The molecule has 80 valence electrons. The highest BCUT2D eigenvalue weighted by Gasteiger charge is 2.35. The van der Waals surface area contributed by atoms with Gasteiger partial charge >= 0.3 is 6.09 Å². The van der Waals surface area contributed by atoms with Gasteiger partial charge < -0.3 is 20.9 Å². The summed E-state index contributed by atoms with van der Waals surface area (Å²) in [5, 5.41) is 12.2. The maximum absolute atomic E-state index is 11.0. The number of hydrogen-bond acceptors (Lipinski definition) is 4. The standard InChI is InChI=1S/C10H12N2O3/c11-5-7-9(15-10(14)12-7)6-3-1-2-4-8(6)13/h1-4,7,9,13H,5,11H2,(H,12,14). The summed E-state index contributed by atoms with van der Waals surface area (Å²) < 4.78 is 5.04. The molecule has 0 bridgehead atoms. The van der Waals surface area contributed by atoms with E-state index in [1.807, 2.05) is 0 Å². The van der Waals surface area contributed by atoms with Crippen molar-refractivity contribution in [1.82, 2.24) is 5.32 Å². The van der Waals surface area contributed by atoms with Crippen LogP contribution in [0.15, 0.2) is 24.3 Å². The predicted molar refractivity (Wildman–Crippen MR) is 53.3 cm³/mol. The largest absolute Gasteiger partial charge is 0.508 e. The highest BCUT2D eigenvalue weighted by molar-refractivity contribution is 5.71. The van der Waals surface area contributed by atoms with E-state index in [9.17, 15) is 9.90 Å². The number of cyclic esters (lactones) is 1. The lowest BCUT2D eigenvalue weighted by molar-refractivity contribution is 0.131. The van der Waals surface area contributed by atoms with Gasteiger partial charge in [0.2, 0.25) is 0 Å². The predicted octanol–water partition coefficient (Wildman–Crippen LogP) is 0.500. The molecule has 0 aliphatic carbocycles. The van der Waals surface area contributed by atoms with Crippen molar-refractivity contribution >= 4 is 6.09 Å². The van der Waals surface area contributed by atoms with Gasteiger partial charge in [-0.2, -0.15) is 0 Å². The smallest absolute Gasteiger partial charge is 0.408 e. The highest BCUT2D eigenvalue weighted by atomic mass is 16.6. The Morgan fingerprint density at radius 1 is 1.47 bits per heavy atom. The molecule has 1 aromatic rings. The molecule has 5 nitrogen and oxygen atoms in total. The minimum absolute atomic E-state index is 0.109. The Bertz CT molecular complexity index is 381. The number of nitrogens with two attached hydrogens (primary N) is 1. The number of benzene rings is 1. The topological polar surface area (TPSA) is 84.6 Å². The van der Waals surface area contributed by atoms with Crippen molar-refractivity contribution < 1.29 is 14.6 Å². The monoisotopic (exact) mass is 208 g/mol. The van der Waals surface area contributed by atoms with Crippen molar-refractivity contribution in [3.63, 3.8) is 0 Å². The Hall–Kier alpha value is -1.75. The molecule has 2 rings (SSSR count). The zero-order valence-corrected chi connectivity index (χ0v) is 8.01. The summed E-state index contributed by atoms with van der Waals surface area (Å²) in [4.78, 5) is 11.0. The van der Waals surface area contributed by atoms with Gasteiger partial charge in [0.05, 0.1) is 6.04 Å². The van der Waals surface area contributed by atoms with Crippen molar-refractivity contribution in [3.05, 3.63) is 29.8 Å². The van der Waals surface area contributed by atoms with Gasteiger partial charge in [-0.1, -0.05) is 18.2 Å². The number of phenolic OH excluding ortho intramolecular Hbond substituents is 1. The lowest BCUT2D eigenvalue weighted by Gasteiger charge is -2.16. The molecule has 0 radical (unpaired) electrons. The quantitative estimate of drug-likeness (QED) is 0.660. The van der Waals surface area contributed by atoms with Crippen molar-refractivity contribution in [2.75, 3.05) is 6.54 Å². The lowest BCUT2D eigenvalue weighted by atomic mass is 10.0. The molecule has 1 aliphatic rings. The van der Waals surface area contributed by atoms with Crippen LogP contribution < -0.4 is 11.1 Å². The summed E-state index contributed by atoms with van der Waals surface area (Å²) in [7, 11) is 0. The first-order valence-corrected chi connectivity index (χ1v) is 4.67. The second-order valence-electron chi connectivity index (χ2n) is 3.37. The number of hydrogen-bond donors (Lipinski definition) is 3. The zero-order valence-electron chi connectivity index (χ0n) is 8.01. The fourth-order valence-electron chi connectivity index (χ4n) is 1.65. The van der Waals surface area contributed by atoms with Gasteiger partial charge in [-0.05, 0) is 6.07 Å². The van der Waals surface area contributed by atoms with Crippen LogP contribution in [0.5, 0.6) is 5.75 Å². The average molecular weight is 208 g/mol. The third-order valence-electron chi connectivity index (χ3n) is 2.40. The minimum atomic E-state index is -0.510. The van der Waals surface area contributed by atoms with E-state index in [0.29, 0.717) is 5.56 Å². The minimum Gasteiger partial charge on any atom is -0.508 e. The molecule has 2 atom stereocenters. The molecule has 1 saturated heterocycles. The number of carbonyl (C=O) groups excluding carboxylic acids is 1. The number of para-hydroxylation sites is 1. The summed E-state index contributed by atoms with van der Waals surface area (Å²) in [5.41, 5.74) is 6.07. The fraction of sp³-hybridized carbons (Fsp3) is 0.300. The third-order valence-corrected chi connectivity index (χ3v) is 2.40. The van der Waals surface area contributed by atoms with Gasteiger partial charge in [0.15, 0.2) is 6.10 Å². The number of alkyl carbamates (subject to hydrolysis) is 1. The van der Waals surface area contributed by atoms with Crippen LogP contribution in [0.4, 0.5) is 4.79 Å². The van der Waals surface area contributed by atoms with Crippen LogP contribution in [0.1, 0.15) is 11.7 Å². The summed E-state index contributed by atoms with van der Waals surface area (Å²) in [5.74, 6) is 0.109. The first-order valence-electron chi connectivity index (χ1n) is 4.67. The average Bonchev–Trinajstić information content (AvgIpc) is 2.60. The Kier molecular flexibility index (Phi) is 2.47. The molecular weight excluding hydrogens is 196 g/mol. The number of carbonyl (C=O) groups is 1. The van der Waals surface area contributed by atoms with E-state index in [1.54, 1.807) is 24.3 Å². The summed E-state index contributed by atoms with van der Waals surface area (Å²) in [6.45, 7) is 0.269. The Morgan fingerprint density at radius 3 is 2.87 bits per heavy atom. The van der Waals surface area contributed by atoms with Crippen molar-refractivity contribution in [1.29, 1.82) is 0 Å². The second-order valence-corrected chi connectivity index (χ2v) is 3.37. The van der Waals surface area contributed by atoms with Crippen LogP contribution in [0, 0.1) is 0 Å². The molecule has 15 heavy (non-hydrogen) atoms. The van der Waals surface area contributed by atoms with Gasteiger partial charge in [0.1, 0.15) is 5.75 Å². The number of aromatic hydroxyl groups is 1. The van der Waals surface area contributed by atoms with Gasteiger partial charge in [-0.3, -0.25) is 0 Å². The number of phenols is 1. The van der Waals surface area contributed by atoms with Gasteiger partial charge in [0.25, 0.3) is 0 Å². The number of ether oxygens (including phenoxy) is 1. The van der Waals surface area contributed by atoms with E-state index in [-0.39, 0.29) is 18.3 Å². The van der Waals surface area contributed by atoms with Crippen LogP contribution in [0.3, 0.4) is 0 Å². The van der Waals surface area contributed by atoms with Crippen LogP contribution >= 0.6 is 0 Å². The van der Waals surface area contributed by atoms with Crippen LogP contribution in [0.2, 0.25) is 0 Å². The fourth-order valence-corrected chi connectivity index (χ4v) is 1.65. The van der Waals surface area contributed by atoms with Crippen molar-refractivity contribution in [2.45, 2.75) is 12.1 Å². The van der Waals surface area contributed by atoms with E-state index in [2.05, 4.69) is 5.32 Å². The van der Waals surface area contributed by atoms with Crippen LogP contribution in [-0.4, -0.2) is 23.8 Å². The number of nitrogens with one attached hydrogen (secondary N) is 1. The molecule has 4 N–H and O–H groups in total. The van der Waals surface area contributed by atoms with Crippen LogP contribution in [-0.2, 0) is 4.74 Å². The Labute approximate surface area is 86.8 Å². The molecule has 2 unspecified atom stereocenters. The van der Waals surface area contributed by atoms with E-state index in [4.69, 9.17) is 10.5 Å².